The van der Waals surface area contributed by atoms with Gasteiger partial charge in [0.2, 0.25) is 0 Å². The first-order valence-corrected chi connectivity index (χ1v) is 7.94. The summed E-state index contributed by atoms with van der Waals surface area (Å²) in [4.78, 5) is 11.7. The molecule has 1 aromatic carbocycles. The number of nitrogens with one attached hydrogen (secondary N) is 2. The number of hydrogen-bond donors (Lipinski definition) is 3. The molecule has 0 aromatic heterocycles. The van der Waals surface area contributed by atoms with Crippen molar-refractivity contribution in [1.82, 2.24) is 10.6 Å². The second-order valence-electron chi connectivity index (χ2n) is 4.98. The number of unbranched alkanes of at least 4 members (excludes halogenated alkanes) is 1. The third-order valence-corrected chi connectivity index (χ3v) is 3.13. The van der Waals surface area contributed by atoms with E-state index in [0.717, 1.165) is 12.1 Å². The van der Waals surface area contributed by atoms with Gasteiger partial charge in [-0.25, -0.2) is 0 Å². The van der Waals surface area contributed by atoms with Gasteiger partial charge in [0.15, 0.2) is 0 Å². The van der Waals surface area contributed by atoms with Crippen LogP contribution < -0.4 is 21.1 Å². The molecule has 0 aliphatic heterocycles. The van der Waals surface area contributed by atoms with Gasteiger partial charge in [-0.3, -0.25) is 4.79 Å². The summed E-state index contributed by atoms with van der Waals surface area (Å²) in [6, 6.07) is 3.40. The molecule has 0 aliphatic rings. The number of methoxy groups -OCH3 is 1. The van der Waals surface area contributed by atoms with Crippen molar-refractivity contribution < 1.29 is 9.53 Å². The van der Waals surface area contributed by atoms with Crippen LogP contribution in [-0.2, 0) is 0 Å². The molecular formula is C17H31N3O2. The highest BCUT2D eigenvalue weighted by molar-refractivity contribution is 5.97. The zero-order valence-corrected chi connectivity index (χ0v) is 14.6. The summed E-state index contributed by atoms with van der Waals surface area (Å²) < 4.78 is 5.11. The lowest BCUT2D eigenvalue weighted by Crippen LogP contribution is -2.23. The predicted octanol–water partition coefficient (Wildman–Crippen LogP) is 2.73. The Bertz CT molecular complexity index is 444. The summed E-state index contributed by atoms with van der Waals surface area (Å²) in [6.45, 7) is 11.0. The highest BCUT2D eigenvalue weighted by Gasteiger charge is 2.12. The first-order valence-electron chi connectivity index (χ1n) is 7.94. The number of anilines is 1. The smallest absolute Gasteiger partial charge is 0.255 e. The standard InChI is InChI=1S/C11H16N2O2.C6H15N/c1-4-13-11(14)8-5-7(2)9(12)6-10(8)15-3;1-3-5-6-7-4-2/h5-6H,4,12H2,1-3H3,(H,13,14);7H,3-6H2,1-2H3. The molecule has 0 atom stereocenters. The molecule has 0 radical (unpaired) electrons. The Hall–Kier alpha value is -1.75. The van der Waals surface area contributed by atoms with Gasteiger partial charge in [-0.15, -0.1) is 0 Å². The lowest BCUT2D eigenvalue weighted by atomic mass is 10.1. The van der Waals surface area contributed by atoms with Gasteiger partial charge in [0, 0.05) is 18.3 Å². The third-order valence-electron chi connectivity index (χ3n) is 3.13. The zero-order valence-electron chi connectivity index (χ0n) is 14.6. The molecule has 5 nitrogen and oxygen atoms in total. The van der Waals surface area contributed by atoms with Gasteiger partial charge in [-0.05, 0) is 45.0 Å². The molecule has 1 rings (SSSR count). The normalized spacial score (nSPS) is 9.68. The summed E-state index contributed by atoms with van der Waals surface area (Å²) in [5, 5.41) is 5.97. The van der Waals surface area contributed by atoms with E-state index >= 15 is 0 Å². The fraction of sp³-hybridized carbons (Fsp3) is 0.588. The molecule has 0 fully saturated rings. The quantitative estimate of drug-likeness (QED) is 0.535. The number of rotatable bonds is 7. The number of aryl methyl sites for hydroxylation is 1. The van der Waals surface area contributed by atoms with Crippen molar-refractivity contribution in [2.45, 2.75) is 40.5 Å². The monoisotopic (exact) mass is 309 g/mol. The van der Waals surface area contributed by atoms with E-state index < -0.39 is 0 Å². The molecule has 22 heavy (non-hydrogen) atoms. The average Bonchev–Trinajstić information content (AvgIpc) is 2.51. The zero-order chi connectivity index (χ0) is 17.0. The van der Waals surface area contributed by atoms with Crippen molar-refractivity contribution in [2.24, 2.45) is 0 Å². The van der Waals surface area contributed by atoms with Crippen molar-refractivity contribution >= 4 is 11.6 Å². The maximum absolute atomic E-state index is 11.7. The third kappa shape index (κ3) is 7.31. The van der Waals surface area contributed by atoms with Gasteiger partial charge in [-0.1, -0.05) is 20.3 Å². The van der Waals surface area contributed by atoms with Gasteiger partial charge in [0.25, 0.3) is 5.91 Å². The molecule has 5 heteroatoms. The highest BCUT2D eigenvalue weighted by Crippen LogP contribution is 2.24. The van der Waals surface area contributed by atoms with E-state index in [4.69, 9.17) is 10.5 Å². The van der Waals surface area contributed by atoms with Crippen LogP contribution in [0.15, 0.2) is 12.1 Å². The number of nitrogens with two attached hydrogens (primary N) is 1. The van der Waals surface area contributed by atoms with Gasteiger partial charge < -0.3 is 21.1 Å². The Balaban J connectivity index is 0.000000534. The topological polar surface area (TPSA) is 76.4 Å². The van der Waals surface area contributed by atoms with Crippen LogP contribution in [0.2, 0.25) is 0 Å². The van der Waals surface area contributed by atoms with Crippen LogP contribution in [0.3, 0.4) is 0 Å². The molecule has 0 spiro atoms. The number of hydrogen-bond acceptors (Lipinski definition) is 4. The number of nitrogen functional groups attached to an aromatic ring is 1. The number of amides is 1. The van der Waals surface area contributed by atoms with Gasteiger partial charge >= 0.3 is 0 Å². The highest BCUT2D eigenvalue weighted by atomic mass is 16.5. The molecule has 4 N–H and O–H groups in total. The molecule has 0 bridgehead atoms. The first-order chi connectivity index (χ1) is 10.5. The van der Waals surface area contributed by atoms with Crippen LogP contribution in [-0.4, -0.2) is 32.7 Å². The van der Waals surface area contributed by atoms with Gasteiger partial charge in [-0.2, -0.15) is 0 Å². The Morgan fingerprint density at radius 2 is 1.91 bits per heavy atom. The number of ether oxygens (including phenoxy) is 1. The molecular weight excluding hydrogens is 278 g/mol. The second kappa shape index (κ2) is 11.9. The Morgan fingerprint density at radius 1 is 1.23 bits per heavy atom. The average molecular weight is 309 g/mol. The van der Waals surface area contributed by atoms with Crippen molar-refractivity contribution in [3.63, 3.8) is 0 Å². The fourth-order valence-electron chi connectivity index (χ4n) is 1.78. The van der Waals surface area contributed by atoms with Crippen molar-refractivity contribution in [3.05, 3.63) is 23.3 Å². The Labute approximate surface area is 134 Å². The fourth-order valence-corrected chi connectivity index (χ4v) is 1.78. The molecule has 126 valence electrons. The molecule has 1 amide bonds. The Morgan fingerprint density at radius 3 is 2.41 bits per heavy atom. The number of carbonyl (C=O) groups excluding carboxylic acids is 1. The van der Waals surface area contributed by atoms with E-state index in [0.29, 0.717) is 23.5 Å². The van der Waals surface area contributed by atoms with E-state index in [2.05, 4.69) is 24.5 Å². The Kier molecular flexibility index (Phi) is 10.9. The molecule has 0 unspecified atom stereocenters. The lowest BCUT2D eigenvalue weighted by molar-refractivity contribution is 0.0953. The molecule has 0 saturated carbocycles. The van der Waals surface area contributed by atoms with Crippen molar-refractivity contribution in [1.29, 1.82) is 0 Å². The summed E-state index contributed by atoms with van der Waals surface area (Å²) in [6.07, 6.45) is 2.61. The summed E-state index contributed by atoms with van der Waals surface area (Å²) >= 11 is 0. The number of carbonyl (C=O) groups is 1. The van der Waals surface area contributed by atoms with Crippen LogP contribution in [0.1, 0.15) is 49.5 Å². The summed E-state index contributed by atoms with van der Waals surface area (Å²) in [7, 11) is 1.52. The van der Waals surface area contributed by atoms with Crippen LogP contribution in [0.25, 0.3) is 0 Å². The van der Waals surface area contributed by atoms with Crippen LogP contribution in [0, 0.1) is 6.92 Å². The molecule has 0 saturated heterocycles. The van der Waals surface area contributed by atoms with Crippen LogP contribution in [0.4, 0.5) is 5.69 Å². The van der Waals surface area contributed by atoms with Gasteiger partial charge in [0.05, 0.1) is 12.7 Å². The minimum Gasteiger partial charge on any atom is -0.496 e. The van der Waals surface area contributed by atoms with Crippen molar-refractivity contribution in [2.75, 3.05) is 32.5 Å². The first kappa shape index (κ1) is 20.2. The predicted molar refractivity (Wildman–Crippen MR) is 93.6 cm³/mol. The van der Waals surface area contributed by atoms with E-state index in [-0.39, 0.29) is 5.91 Å². The van der Waals surface area contributed by atoms with Crippen LogP contribution in [0.5, 0.6) is 5.75 Å². The summed E-state index contributed by atoms with van der Waals surface area (Å²) in [5.41, 5.74) is 7.74. The largest absolute Gasteiger partial charge is 0.496 e. The minimum absolute atomic E-state index is 0.141. The number of benzene rings is 1. The van der Waals surface area contributed by atoms with E-state index in [1.165, 1.54) is 26.5 Å². The summed E-state index contributed by atoms with van der Waals surface area (Å²) in [5.74, 6) is 0.363. The van der Waals surface area contributed by atoms with E-state index in [9.17, 15) is 4.79 Å². The lowest BCUT2D eigenvalue weighted by Gasteiger charge is -2.10. The molecule has 0 aliphatic carbocycles. The minimum atomic E-state index is -0.141. The SMILES string of the molecule is CCCCNCC.CCNC(=O)c1cc(C)c(N)cc1OC. The van der Waals surface area contributed by atoms with Gasteiger partial charge in [0.1, 0.15) is 5.75 Å². The molecule has 0 heterocycles. The molecule has 1 aromatic rings. The van der Waals surface area contributed by atoms with E-state index in [1.54, 1.807) is 12.1 Å². The van der Waals surface area contributed by atoms with Crippen molar-refractivity contribution in [3.8, 4) is 5.75 Å². The van der Waals surface area contributed by atoms with Crippen LogP contribution >= 0.6 is 0 Å². The maximum atomic E-state index is 11.7. The van der Waals surface area contributed by atoms with E-state index in [1.807, 2.05) is 13.8 Å². The second-order valence-corrected chi connectivity index (χ2v) is 4.98. The maximum Gasteiger partial charge on any atom is 0.255 e.